The summed E-state index contributed by atoms with van der Waals surface area (Å²) in [4.78, 5) is 34.6. The van der Waals surface area contributed by atoms with E-state index in [1.54, 1.807) is 18.2 Å². The maximum absolute atomic E-state index is 12.3. The van der Waals surface area contributed by atoms with Crippen LogP contribution in [0.3, 0.4) is 0 Å². The van der Waals surface area contributed by atoms with E-state index in [2.05, 4.69) is 35.2 Å². The fourth-order valence-electron chi connectivity index (χ4n) is 2.57. The lowest BCUT2D eigenvalue weighted by Gasteiger charge is -2.16. The molecule has 0 amide bonds. The molecule has 0 aliphatic rings. The normalized spacial score (nSPS) is 12.6. The summed E-state index contributed by atoms with van der Waals surface area (Å²) in [7, 11) is 0. The highest BCUT2D eigenvalue weighted by Gasteiger charge is 2.18. The quantitative estimate of drug-likeness (QED) is 0.433. The number of imidazole rings is 1. The topological polar surface area (TPSA) is 132 Å². The molecule has 126 valence electrons. The number of nitrogens with one attached hydrogen (secondary N) is 3. The second-order valence-corrected chi connectivity index (χ2v) is 5.69. The van der Waals surface area contributed by atoms with E-state index < -0.39 is 6.04 Å². The average Bonchev–Trinajstić information content (AvgIpc) is 3.08. The summed E-state index contributed by atoms with van der Waals surface area (Å²) in [6.07, 6.45) is 2.87. The Bertz CT molecular complexity index is 1120. The van der Waals surface area contributed by atoms with Crippen LogP contribution in [-0.4, -0.2) is 41.6 Å². The summed E-state index contributed by atoms with van der Waals surface area (Å²) in [6, 6.07) is 4.33. The molecule has 4 N–H and O–H groups in total. The van der Waals surface area contributed by atoms with Gasteiger partial charge in [0, 0.05) is 0 Å². The van der Waals surface area contributed by atoms with E-state index in [0.29, 0.717) is 32.9 Å². The van der Waals surface area contributed by atoms with E-state index in [9.17, 15) is 9.90 Å². The summed E-state index contributed by atoms with van der Waals surface area (Å²) in [5.74, 6) is 0.684. The fraction of sp³-hybridized carbons (Fsp3) is 0.133. The van der Waals surface area contributed by atoms with Gasteiger partial charge in [-0.3, -0.25) is 4.79 Å². The van der Waals surface area contributed by atoms with Crippen molar-refractivity contribution in [2.75, 3.05) is 11.9 Å². The predicted octanol–water partition coefficient (Wildman–Crippen LogP) is 1.39. The first-order valence-electron chi connectivity index (χ1n) is 7.37. The number of aromatic amines is 2. The monoisotopic (exact) mass is 357 g/mol. The molecule has 0 spiro atoms. The van der Waals surface area contributed by atoms with Gasteiger partial charge in [0.2, 0.25) is 0 Å². The second kappa shape index (κ2) is 6.11. The number of aliphatic hydroxyl groups is 1. The summed E-state index contributed by atoms with van der Waals surface area (Å²) < 4.78 is 0. The number of fused-ring (bicyclic) bond motifs is 2. The molecule has 1 aromatic carbocycles. The Morgan fingerprint density at radius 1 is 1.28 bits per heavy atom. The van der Waals surface area contributed by atoms with Crippen LogP contribution in [0.15, 0.2) is 35.6 Å². The molecule has 0 radical (unpaired) electrons. The van der Waals surface area contributed by atoms with Crippen LogP contribution in [0.2, 0.25) is 5.02 Å². The van der Waals surface area contributed by atoms with Crippen LogP contribution in [0.4, 0.5) is 5.82 Å². The molecule has 9 nitrogen and oxygen atoms in total. The molecule has 0 saturated carbocycles. The Labute approximate surface area is 145 Å². The highest BCUT2D eigenvalue weighted by atomic mass is 35.5. The molecule has 0 saturated heterocycles. The van der Waals surface area contributed by atoms with Crippen LogP contribution >= 0.6 is 11.6 Å². The Balaban J connectivity index is 1.78. The molecule has 0 aliphatic heterocycles. The summed E-state index contributed by atoms with van der Waals surface area (Å²) >= 11 is 6.06. The number of anilines is 1. The summed E-state index contributed by atoms with van der Waals surface area (Å²) in [5, 5.41) is 13.4. The number of hydrogen-bond donors (Lipinski definition) is 4. The lowest BCUT2D eigenvalue weighted by atomic mass is 10.2. The largest absolute Gasteiger partial charge is 0.394 e. The molecule has 3 heterocycles. The van der Waals surface area contributed by atoms with Gasteiger partial charge in [0.15, 0.2) is 11.5 Å². The Morgan fingerprint density at radius 2 is 2.16 bits per heavy atom. The minimum atomic E-state index is -0.689. The molecule has 4 rings (SSSR count). The Hall–Kier alpha value is -3.04. The number of benzene rings is 1. The van der Waals surface area contributed by atoms with Crippen LogP contribution in [0.5, 0.6) is 0 Å². The first kappa shape index (κ1) is 15.5. The third kappa shape index (κ3) is 2.69. The SMILES string of the molecule is O=c1[nH]c(C(CO)Nc2ncnc3[nH]cnc23)nc2cccc(Cl)c12. The van der Waals surface area contributed by atoms with Gasteiger partial charge in [0.1, 0.15) is 23.7 Å². The number of H-pyrrole nitrogens is 2. The predicted molar refractivity (Wildman–Crippen MR) is 92.5 cm³/mol. The van der Waals surface area contributed by atoms with E-state index in [4.69, 9.17) is 11.6 Å². The molecular weight excluding hydrogens is 346 g/mol. The van der Waals surface area contributed by atoms with Crippen LogP contribution in [0.1, 0.15) is 11.9 Å². The molecule has 4 aromatic rings. The fourth-order valence-corrected chi connectivity index (χ4v) is 2.82. The number of aliphatic hydroxyl groups excluding tert-OH is 1. The van der Waals surface area contributed by atoms with Crippen molar-refractivity contribution < 1.29 is 5.11 Å². The van der Waals surface area contributed by atoms with Crippen molar-refractivity contribution in [2.45, 2.75) is 6.04 Å². The smallest absolute Gasteiger partial charge is 0.260 e. The van der Waals surface area contributed by atoms with Crippen LogP contribution in [0, 0.1) is 0 Å². The van der Waals surface area contributed by atoms with Gasteiger partial charge in [-0.2, -0.15) is 0 Å². The molecular formula is C15H12ClN7O2. The van der Waals surface area contributed by atoms with E-state index >= 15 is 0 Å². The minimum Gasteiger partial charge on any atom is -0.394 e. The van der Waals surface area contributed by atoms with Gasteiger partial charge in [0.05, 0.1) is 28.9 Å². The van der Waals surface area contributed by atoms with Crippen molar-refractivity contribution in [1.82, 2.24) is 29.9 Å². The van der Waals surface area contributed by atoms with Crippen molar-refractivity contribution in [3.8, 4) is 0 Å². The number of nitrogens with zero attached hydrogens (tertiary/aromatic N) is 4. The first-order valence-corrected chi connectivity index (χ1v) is 7.75. The average molecular weight is 358 g/mol. The molecule has 3 aromatic heterocycles. The first-order chi connectivity index (χ1) is 12.2. The third-order valence-corrected chi connectivity index (χ3v) is 4.06. The van der Waals surface area contributed by atoms with Gasteiger partial charge in [-0.1, -0.05) is 17.7 Å². The number of hydrogen-bond acceptors (Lipinski definition) is 7. The van der Waals surface area contributed by atoms with Gasteiger partial charge in [-0.25, -0.2) is 19.9 Å². The maximum atomic E-state index is 12.3. The Kier molecular flexibility index (Phi) is 3.79. The van der Waals surface area contributed by atoms with Gasteiger partial charge in [-0.15, -0.1) is 0 Å². The Morgan fingerprint density at radius 3 is 3.00 bits per heavy atom. The molecule has 25 heavy (non-hydrogen) atoms. The third-order valence-electron chi connectivity index (χ3n) is 3.74. The number of rotatable bonds is 4. The van der Waals surface area contributed by atoms with E-state index in [0.717, 1.165) is 0 Å². The molecule has 1 atom stereocenters. The molecule has 0 bridgehead atoms. The molecule has 0 fully saturated rings. The van der Waals surface area contributed by atoms with E-state index in [-0.39, 0.29) is 18.0 Å². The summed E-state index contributed by atoms with van der Waals surface area (Å²) in [6.45, 7) is -0.315. The molecule has 1 unspecified atom stereocenters. The maximum Gasteiger partial charge on any atom is 0.260 e. The zero-order valence-corrected chi connectivity index (χ0v) is 13.4. The van der Waals surface area contributed by atoms with Gasteiger partial charge in [-0.05, 0) is 12.1 Å². The second-order valence-electron chi connectivity index (χ2n) is 5.29. The van der Waals surface area contributed by atoms with Crippen LogP contribution < -0.4 is 10.9 Å². The van der Waals surface area contributed by atoms with Gasteiger partial charge in [0.25, 0.3) is 5.56 Å². The molecule has 10 heteroatoms. The minimum absolute atomic E-state index is 0.268. The lowest BCUT2D eigenvalue weighted by Crippen LogP contribution is -2.23. The van der Waals surface area contributed by atoms with Crippen molar-refractivity contribution in [2.24, 2.45) is 0 Å². The highest BCUT2D eigenvalue weighted by Crippen LogP contribution is 2.22. The lowest BCUT2D eigenvalue weighted by molar-refractivity contribution is 0.272. The number of halogens is 1. The van der Waals surface area contributed by atoms with E-state index in [1.165, 1.54) is 12.7 Å². The van der Waals surface area contributed by atoms with Gasteiger partial charge < -0.3 is 20.4 Å². The van der Waals surface area contributed by atoms with Crippen LogP contribution in [-0.2, 0) is 0 Å². The number of aromatic nitrogens is 6. The van der Waals surface area contributed by atoms with Crippen LogP contribution in [0.25, 0.3) is 22.1 Å². The van der Waals surface area contributed by atoms with Crippen molar-refractivity contribution in [3.63, 3.8) is 0 Å². The van der Waals surface area contributed by atoms with Crippen molar-refractivity contribution >= 4 is 39.5 Å². The summed E-state index contributed by atoms with van der Waals surface area (Å²) in [5.41, 5.74) is 1.14. The van der Waals surface area contributed by atoms with E-state index in [1.807, 2.05) is 0 Å². The zero-order chi connectivity index (χ0) is 17.4. The molecule has 0 aliphatic carbocycles. The standard InChI is InChI=1S/C15H12ClN7O2/c16-7-2-1-3-8-10(7)15(25)23-12(21-8)9(4-24)22-14-11-13(18-5-17-11)19-6-20-14/h1-3,5-6,9,24H,4H2,(H,21,23,25)(H2,17,18,19,20,22). The highest BCUT2D eigenvalue weighted by molar-refractivity contribution is 6.35. The van der Waals surface area contributed by atoms with Gasteiger partial charge >= 0.3 is 0 Å². The van der Waals surface area contributed by atoms with Crippen molar-refractivity contribution in [3.05, 3.63) is 52.1 Å². The zero-order valence-electron chi connectivity index (χ0n) is 12.7. The van der Waals surface area contributed by atoms with Crippen molar-refractivity contribution in [1.29, 1.82) is 0 Å².